The summed E-state index contributed by atoms with van der Waals surface area (Å²) in [4.78, 5) is 9.53. The van der Waals surface area contributed by atoms with E-state index in [1.807, 2.05) is 12.4 Å². The van der Waals surface area contributed by atoms with Crippen LogP contribution >= 0.6 is 15.9 Å². The summed E-state index contributed by atoms with van der Waals surface area (Å²) in [5.41, 5.74) is 3.71. The van der Waals surface area contributed by atoms with Gasteiger partial charge in [-0.15, -0.1) is 0 Å². The van der Waals surface area contributed by atoms with E-state index in [0.717, 1.165) is 23.7 Å². The number of hydrogen-bond acceptors (Lipinski definition) is 2. The number of unbranched alkanes of at least 4 members (excludes halogenated alkanes) is 4. The van der Waals surface area contributed by atoms with Gasteiger partial charge in [0.05, 0.1) is 0 Å². The molecular weight excluding hydrogens is 420 g/mol. The molecule has 0 atom stereocenters. The van der Waals surface area contributed by atoms with Crippen molar-refractivity contribution in [3.63, 3.8) is 0 Å². The zero-order chi connectivity index (χ0) is 20.5. The summed E-state index contributed by atoms with van der Waals surface area (Å²) in [5.74, 6) is 2.54. The Labute approximate surface area is 186 Å². The summed E-state index contributed by atoms with van der Waals surface area (Å²) in [6.07, 6.45) is 19.8. The molecule has 0 unspecified atom stereocenters. The minimum Gasteiger partial charge on any atom is -0.240 e. The monoisotopic (exact) mass is 456 g/mol. The van der Waals surface area contributed by atoms with Crippen molar-refractivity contribution in [2.45, 2.75) is 96.8 Å². The number of aromatic nitrogens is 2. The van der Waals surface area contributed by atoms with Crippen molar-refractivity contribution in [1.82, 2.24) is 9.97 Å². The molecule has 1 aromatic heterocycles. The third kappa shape index (κ3) is 6.64. The minimum atomic E-state index is 0.555. The maximum atomic E-state index is 4.77. The number of aryl methyl sites for hydroxylation is 1. The Morgan fingerprint density at radius 3 is 2.21 bits per heavy atom. The van der Waals surface area contributed by atoms with Gasteiger partial charge in [-0.1, -0.05) is 80.4 Å². The molecule has 2 nitrogen and oxygen atoms in total. The van der Waals surface area contributed by atoms with Crippen LogP contribution in [-0.2, 0) is 6.42 Å². The quantitative estimate of drug-likeness (QED) is 0.334. The Morgan fingerprint density at radius 1 is 0.862 bits per heavy atom. The lowest BCUT2D eigenvalue weighted by Crippen LogP contribution is -2.15. The van der Waals surface area contributed by atoms with Gasteiger partial charge in [-0.3, -0.25) is 0 Å². The van der Waals surface area contributed by atoms with Crippen LogP contribution in [0.25, 0.3) is 11.1 Å². The normalized spacial score (nSPS) is 19.4. The lowest BCUT2D eigenvalue weighted by Gasteiger charge is -2.27. The molecule has 3 rings (SSSR count). The van der Waals surface area contributed by atoms with Gasteiger partial charge in [-0.2, -0.15) is 0 Å². The van der Waals surface area contributed by atoms with Gasteiger partial charge in [0.25, 0.3) is 0 Å². The fourth-order valence-corrected chi connectivity index (χ4v) is 5.16. The first-order valence-electron chi connectivity index (χ1n) is 11.8. The molecule has 1 saturated carbocycles. The fourth-order valence-electron chi connectivity index (χ4n) is 4.59. The maximum absolute atomic E-state index is 4.77. The first kappa shape index (κ1) is 22.5. The van der Waals surface area contributed by atoms with E-state index in [1.165, 1.54) is 86.2 Å². The first-order chi connectivity index (χ1) is 14.2. The summed E-state index contributed by atoms with van der Waals surface area (Å²) in [6, 6.07) is 6.69. The first-order valence-corrected chi connectivity index (χ1v) is 12.6. The van der Waals surface area contributed by atoms with Gasteiger partial charge in [0.1, 0.15) is 5.82 Å². The summed E-state index contributed by atoms with van der Waals surface area (Å²) < 4.78 is 1.21. The predicted molar refractivity (Wildman–Crippen MR) is 127 cm³/mol. The zero-order valence-corrected chi connectivity index (χ0v) is 19.9. The molecule has 0 bridgehead atoms. The molecule has 1 aliphatic carbocycles. The van der Waals surface area contributed by atoms with Gasteiger partial charge in [-0.05, 0) is 61.6 Å². The fraction of sp³-hybridized carbons (Fsp3) is 0.615. The van der Waals surface area contributed by atoms with E-state index in [9.17, 15) is 0 Å². The van der Waals surface area contributed by atoms with E-state index < -0.39 is 0 Å². The molecule has 1 aliphatic rings. The predicted octanol–water partition coefficient (Wildman–Crippen LogP) is 8.49. The largest absolute Gasteiger partial charge is 0.240 e. The third-order valence-corrected chi connectivity index (χ3v) is 7.27. The highest BCUT2D eigenvalue weighted by atomic mass is 79.9. The minimum absolute atomic E-state index is 0.555. The summed E-state index contributed by atoms with van der Waals surface area (Å²) in [6.45, 7) is 4.54. The Kier molecular flexibility index (Phi) is 9.17. The number of hydrogen-bond donors (Lipinski definition) is 0. The van der Waals surface area contributed by atoms with Gasteiger partial charge in [0.15, 0.2) is 0 Å². The second-order valence-electron chi connectivity index (χ2n) is 8.81. The Morgan fingerprint density at radius 2 is 1.55 bits per heavy atom. The average molecular weight is 458 g/mol. The number of nitrogens with zero attached hydrogens (tertiary/aromatic N) is 2. The van der Waals surface area contributed by atoms with Gasteiger partial charge in [0.2, 0.25) is 0 Å². The van der Waals surface area contributed by atoms with E-state index in [1.54, 1.807) is 0 Å². The highest BCUT2D eigenvalue weighted by molar-refractivity contribution is 9.10. The van der Waals surface area contributed by atoms with Crippen LogP contribution in [0, 0.1) is 5.92 Å². The van der Waals surface area contributed by atoms with Crippen molar-refractivity contribution < 1.29 is 0 Å². The van der Waals surface area contributed by atoms with Crippen molar-refractivity contribution in [2.75, 3.05) is 0 Å². The second kappa shape index (κ2) is 11.8. The Bertz CT molecular complexity index is 733. The highest BCUT2D eigenvalue weighted by Gasteiger charge is 2.23. The molecule has 0 N–H and O–H groups in total. The molecule has 3 heteroatoms. The maximum Gasteiger partial charge on any atom is 0.131 e. The van der Waals surface area contributed by atoms with Crippen molar-refractivity contribution in [1.29, 1.82) is 0 Å². The highest BCUT2D eigenvalue weighted by Crippen LogP contribution is 2.36. The van der Waals surface area contributed by atoms with Crippen molar-refractivity contribution >= 4 is 15.9 Å². The Hall–Kier alpha value is -1.22. The van der Waals surface area contributed by atoms with Crippen LogP contribution in [0.3, 0.4) is 0 Å². The molecule has 0 saturated heterocycles. The zero-order valence-electron chi connectivity index (χ0n) is 18.3. The molecule has 1 fully saturated rings. The smallest absolute Gasteiger partial charge is 0.131 e. The average Bonchev–Trinajstić information content (AvgIpc) is 2.76. The number of rotatable bonds is 10. The van der Waals surface area contributed by atoms with Crippen LogP contribution in [-0.4, -0.2) is 9.97 Å². The van der Waals surface area contributed by atoms with Gasteiger partial charge < -0.3 is 0 Å². The van der Waals surface area contributed by atoms with E-state index >= 15 is 0 Å². The van der Waals surface area contributed by atoms with E-state index in [2.05, 4.69) is 48.0 Å². The third-order valence-electron chi connectivity index (χ3n) is 6.54. The molecule has 1 heterocycles. The molecular formula is C26H37BrN2. The van der Waals surface area contributed by atoms with Crippen LogP contribution in [0.1, 0.15) is 102 Å². The molecule has 2 aromatic rings. The van der Waals surface area contributed by atoms with Crippen LogP contribution in [0.4, 0.5) is 0 Å². The molecule has 29 heavy (non-hydrogen) atoms. The van der Waals surface area contributed by atoms with E-state index in [4.69, 9.17) is 9.97 Å². The van der Waals surface area contributed by atoms with Crippen molar-refractivity contribution in [3.05, 3.63) is 46.5 Å². The van der Waals surface area contributed by atoms with Crippen molar-refractivity contribution in [3.8, 4) is 11.1 Å². The summed E-state index contributed by atoms with van der Waals surface area (Å²) in [5, 5.41) is 0. The van der Waals surface area contributed by atoms with Crippen molar-refractivity contribution in [2.24, 2.45) is 5.92 Å². The molecule has 158 valence electrons. The lowest BCUT2D eigenvalue weighted by atomic mass is 9.79. The SMILES string of the molecule is CCCCCc1ccc(-c2cnc([C@H]3CC[C@H](CCCCC)CC3)nc2)cc1Br. The number of benzene rings is 1. The number of halogens is 1. The van der Waals surface area contributed by atoms with Crippen LogP contribution in [0.15, 0.2) is 35.1 Å². The molecule has 0 aliphatic heterocycles. The van der Waals surface area contributed by atoms with Crippen LogP contribution < -0.4 is 0 Å². The topological polar surface area (TPSA) is 25.8 Å². The molecule has 0 radical (unpaired) electrons. The lowest BCUT2D eigenvalue weighted by molar-refractivity contribution is 0.297. The second-order valence-corrected chi connectivity index (χ2v) is 9.66. The molecule has 1 aromatic carbocycles. The van der Waals surface area contributed by atoms with Gasteiger partial charge in [0, 0.05) is 28.3 Å². The molecule has 0 spiro atoms. The standard InChI is InChI=1S/C26H37BrN2/c1-3-5-7-9-20-11-13-22(14-12-20)26-28-18-24(19-29-26)23-16-15-21(25(27)17-23)10-8-6-4-2/h15-20,22H,3-14H2,1-2H3/t20-,22-. The van der Waals surface area contributed by atoms with Gasteiger partial charge >= 0.3 is 0 Å². The van der Waals surface area contributed by atoms with E-state index in [0.29, 0.717) is 5.92 Å². The van der Waals surface area contributed by atoms with Crippen LogP contribution in [0.2, 0.25) is 0 Å². The van der Waals surface area contributed by atoms with Crippen LogP contribution in [0.5, 0.6) is 0 Å². The van der Waals surface area contributed by atoms with Gasteiger partial charge in [-0.25, -0.2) is 9.97 Å². The summed E-state index contributed by atoms with van der Waals surface area (Å²) in [7, 11) is 0. The van der Waals surface area contributed by atoms with E-state index in [-0.39, 0.29) is 0 Å². The summed E-state index contributed by atoms with van der Waals surface area (Å²) >= 11 is 3.76. The Balaban J connectivity index is 1.56. The molecule has 0 amide bonds.